The Morgan fingerprint density at radius 2 is 1.85 bits per heavy atom. The van der Waals surface area contributed by atoms with Gasteiger partial charge < -0.3 is 14.5 Å². The maximum atomic E-state index is 12.7. The van der Waals surface area contributed by atoms with Gasteiger partial charge in [-0.1, -0.05) is 12.1 Å². The predicted molar refractivity (Wildman–Crippen MR) is 90.4 cm³/mol. The minimum atomic E-state index is -4.41. The van der Waals surface area contributed by atoms with E-state index in [2.05, 4.69) is 0 Å². The molecule has 2 unspecified atom stereocenters. The summed E-state index contributed by atoms with van der Waals surface area (Å²) in [6, 6.07) is 4.76. The molecule has 9 heteroatoms. The second-order valence-electron chi connectivity index (χ2n) is 6.21. The molecule has 2 saturated heterocycles. The van der Waals surface area contributed by atoms with Gasteiger partial charge in [0, 0.05) is 13.1 Å². The van der Waals surface area contributed by atoms with E-state index in [4.69, 9.17) is 4.74 Å². The first-order valence-corrected chi connectivity index (χ1v) is 9.20. The van der Waals surface area contributed by atoms with Crippen molar-refractivity contribution in [3.63, 3.8) is 0 Å². The van der Waals surface area contributed by atoms with Crippen molar-refractivity contribution >= 4 is 23.6 Å². The molecule has 0 N–H and O–H groups in total. The second-order valence-corrected chi connectivity index (χ2v) is 7.64. The molecule has 2 amide bonds. The Bertz CT molecular complexity index is 675. The van der Waals surface area contributed by atoms with Crippen molar-refractivity contribution < 1.29 is 27.5 Å². The zero-order chi connectivity index (χ0) is 18.9. The normalized spacial score (nSPS) is 24.2. The number of amides is 2. The Morgan fingerprint density at radius 1 is 1.23 bits per heavy atom. The van der Waals surface area contributed by atoms with E-state index in [-0.39, 0.29) is 23.6 Å². The fourth-order valence-corrected chi connectivity index (χ4v) is 4.27. The van der Waals surface area contributed by atoms with E-state index in [9.17, 15) is 22.8 Å². The van der Waals surface area contributed by atoms with Crippen LogP contribution in [0.4, 0.5) is 13.2 Å². The van der Waals surface area contributed by atoms with Crippen molar-refractivity contribution in [1.29, 1.82) is 0 Å². The molecule has 2 heterocycles. The number of hydrogen-bond donors (Lipinski definition) is 0. The summed E-state index contributed by atoms with van der Waals surface area (Å²) in [6.45, 7) is 3.55. The minimum absolute atomic E-state index is 0.0815. The number of halogens is 3. The first-order chi connectivity index (χ1) is 12.3. The summed E-state index contributed by atoms with van der Waals surface area (Å²) in [6.07, 6.45) is -4.41. The van der Waals surface area contributed by atoms with Crippen molar-refractivity contribution in [2.24, 2.45) is 0 Å². The molecule has 1 aromatic rings. The first-order valence-electron chi connectivity index (χ1n) is 8.26. The fraction of sp³-hybridized carbons (Fsp3) is 0.529. The van der Waals surface area contributed by atoms with E-state index in [1.807, 2.05) is 0 Å². The molecule has 1 aromatic carbocycles. The average molecular weight is 388 g/mol. The number of carbonyl (C=O) groups is 2. The van der Waals surface area contributed by atoms with Gasteiger partial charge in [-0.15, -0.1) is 11.8 Å². The summed E-state index contributed by atoms with van der Waals surface area (Å²) in [5.74, 6) is -0.352. The van der Waals surface area contributed by atoms with Crippen molar-refractivity contribution in [2.75, 3.05) is 32.8 Å². The van der Waals surface area contributed by atoms with Crippen LogP contribution in [0, 0.1) is 0 Å². The smallest absolute Gasteiger partial charge is 0.378 e. The molecule has 0 radical (unpaired) electrons. The van der Waals surface area contributed by atoms with Crippen molar-refractivity contribution in [3.8, 4) is 0 Å². The van der Waals surface area contributed by atoms with Gasteiger partial charge in [-0.2, -0.15) is 13.2 Å². The van der Waals surface area contributed by atoms with E-state index in [0.29, 0.717) is 31.9 Å². The number of ether oxygens (including phenoxy) is 1. The van der Waals surface area contributed by atoms with Crippen molar-refractivity contribution in [1.82, 2.24) is 9.80 Å². The van der Waals surface area contributed by atoms with Gasteiger partial charge in [0.1, 0.15) is 11.9 Å². The van der Waals surface area contributed by atoms with Gasteiger partial charge in [-0.05, 0) is 24.6 Å². The van der Waals surface area contributed by atoms with Crippen molar-refractivity contribution in [2.45, 2.75) is 23.7 Å². The largest absolute Gasteiger partial charge is 0.416 e. The van der Waals surface area contributed by atoms with Gasteiger partial charge in [0.15, 0.2) is 0 Å². The molecular weight excluding hydrogens is 369 g/mol. The third-order valence-corrected chi connectivity index (χ3v) is 5.83. The number of hydrogen-bond acceptors (Lipinski definition) is 4. The standard InChI is InChI=1S/C17H19F3N2O3S/c1-11-15(24)22(10-14(23)21-6-8-25-9-7-21)16(26-11)12-2-4-13(5-3-12)17(18,19)20/h2-5,11,16H,6-10H2,1H3. The molecular formula is C17H19F3N2O3S. The number of thioether (sulfide) groups is 1. The Labute approximate surface area is 153 Å². The molecule has 3 rings (SSSR count). The topological polar surface area (TPSA) is 49.9 Å². The number of benzene rings is 1. The fourth-order valence-electron chi connectivity index (χ4n) is 2.99. The number of alkyl halides is 3. The van der Waals surface area contributed by atoms with Crippen LogP contribution >= 0.6 is 11.8 Å². The van der Waals surface area contributed by atoms with Gasteiger partial charge in [0.25, 0.3) is 0 Å². The highest BCUT2D eigenvalue weighted by Gasteiger charge is 2.40. The zero-order valence-electron chi connectivity index (χ0n) is 14.2. The third kappa shape index (κ3) is 3.98. The SMILES string of the molecule is CC1SC(c2ccc(C(F)(F)F)cc2)N(CC(=O)N2CCOCC2)C1=O. The molecule has 0 saturated carbocycles. The molecule has 2 fully saturated rings. The van der Waals surface area contributed by atoms with E-state index in [1.54, 1.807) is 11.8 Å². The molecule has 2 aliphatic heterocycles. The predicted octanol–water partition coefficient (Wildman–Crippen LogP) is 2.53. The first kappa shape index (κ1) is 19.0. The molecule has 2 atom stereocenters. The molecule has 0 aromatic heterocycles. The van der Waals surface area contributed by atoms with Crippen LogP contribution in [0.1, 0.15) is 23.4 Å². The maximum Gasteiger partial charge on any atom is 0.416 e. The van der Waals surface area contributed by atoms with E-state index in [1.165, 1.54) is 28.8 Å². The molecule has 0 bridgehead atoms. The number of nitrogens with zero attached hydrogens (tertiary/aromatic N) is 2. The van der Waals surface area contributed by atoms with Crippen LogP contribution in [0.15, 0.2) is 24.3 Å². The Morgan fingerprint density at radius 3 is 2.42 bits per heavy atom. The summed E-state index contributed by atoms with van der Waals surface area (Å²) in [7, 11) is 0. The maximum absolute atomic E-state index is 12.7. The molecule has 0 spiro atoms. The van der Waals surface area contributed by atoms with Gasteiger partial charge in [0.2, 0.25) is 11.8 Å². The van der Waals surface area contributed by atoms with Crippen LogP contribution < -0.4 is 0 Å². The molecule has 2 aliphatic rings. The quantitative estimate of drug-likeness (QED) is 0.799. The molecule has 5 nitrogen and oxygen atoms in total. The monoisotopic (exact) mass is 388 g/mol. The Kier molecular flexibility index (Phi) is 5.47. The lowest BCUT2D eigenvalue weighted by Crippen LogP contribution is -2.46. The lowest BCUT2D eigenvalue weighted by molar-refractivity contribution is -0.142. The lowest BCUT2D eigenvalue weighted by atomic mass is 10.1. The van der Waals surface area contributed by atoms with Crippen LogP contribution in [0.2, 0.25) is 0 Å². The van der Waals surface area contributed by atoms with Gasteiger partial charge in [-0.3, -0.25) is 9.59 Å². The minimum Gasteiger partial charge on any atom is -0.378 e. The van der Waals surface area contributed by atoms with Crippen molar-refractivity contribution in [3.05, 3.63) is 35.4 Å². The van der Waals surface area contributed by atoms with E-state index < -0.39 is 17.1 Å². The molecule has 26 heavy (non-hydrogen) atoms. The lowest BCUT2D eigenvalue weighted by Gasteiger charge is -2.30. The number of morpholine rings is 1. The van der Waals surface area contributed by atoms with Gasteiger partial charge in [0.05, 0.1) is 24.0 Å². The van der Waals surface area contributed by atoms with Crippen LogP contribution in [0.3, 0.4) is 0 Å². The third-order valence-electron chi connectivity index (χ3n) is 4.44. The Balaban J connectivity index is 1.76. The summed E-state index contributed by atoms with van der Waals surface area (Å²) in [5.41, 5.74) is -0.157. The summed E-state index contributed by atoms with van der Waals surface area (Å²) >= 11 is 1.34. The van der Waals surface area contributed by atoms with Gasteiger partial charge in [-0.25, -0.2) is 0 Å². The highest BCUT2D eigenvalue weighted by molar-refractivity contribution is 8.01. The van der Waals surface area contributed by atoms with Crippen LogP contribution in [-0.2, 0) is 20.5 Å². The summed E-state index contributed by atoms with van der Waals surface area (Å²) in [5, 5.41) is -0.815. The average Bonchev–Trinajstić information content (AvgIpc) is 2.90. The van der Waals surface area contributed by atoms with Crippen LogP contribution in [0.25, 0.3) is 0 Å². The summed E-state index contributed by atoms with van der Waals surface area (Å²) < 4.78 is 43.5. The zero-order valence-corrected chi connectivity index (χ0v) is 15.0. The van der Waals surface area contributed by atoms with Gasteiger partial charge >= 0.3 is 6.18 Å². The second kappa shape index (κ2) is 7.48. The van der Waals surface area contributed by atoms with E-state index in [0.717, 1.165) is 12.1 Å². The highest BCUT2D eigenvalue weighted by Crippen LogP contribution is 2.43. The molecule has 142 valence electrons. The number of rotatable bonds is 3. The highest BCUT2D eigenvalue weighted by atomic mass is 32.2. The Hall–Kier alpha value is -1.74. The number of carbonyl (C=O) groups excluding carboxylic acids is 2. The van der Waals surface area contributed by atoms with Crippen LogP contribution in [-0.4, -0.2) is 59.7 Å². The van der Waals surface area contributed by atoms with Crippen LogP contribution in [0.5, 0.6) is 0 Å². The molecule has 0 aliphatic carbocycles. The van der Waals surface area contributed by atoms with E-state index >= 15 is 0 Å². The summed E-state index contributed by atoms with van der Waals surface area (Å²) in [4.78, 5) is 28.1.